The molecular formula is C26H50N2O4. The molecule has 0 saturated carbocycles. The van der Waals surface area contributed by atoms with Gasteiger partial charge in [-0.2, -0.15) is 0 Å². The molecule has 0 aliphatic carbocycles. The minimum atomic E-state index is -0.361. The number of hydrogen-bond donors (Lipinski definition) is 1. The van der Waals surface area contributed by atoms with Crippen molar-refractivity contribution in [3.63, 3.8) is 0 Å². The number of nitrogens with one attached hydrogen (secondary N) is 1. The fourth-order valence-corrected chi connectivity index (χ4v) is 4.35. The second-order valence-corrected chi connectivity index (χ2v) is 9.73. The number of carbonyl (C=O) groups excluding carboxylic acids is 2. The van der Waals surface area contributed by atoms with Gasteiger partial charge in [0.1, 0.15) is 6.10 Å². The molecule has 0 bridgehead atoms. The zero-order chi connectivity index (χ0) is 23.6. The van der Waals surface area contributed by atoms with Gasteiger partial charge in [-0.1, -0.05) is 64.7 Å². The lowest BCUT2D eigenvalue weighted by Crippen LogP contribution is -2.39. The van der Waals surface area contributed by atoms with Crippen LogP contribution < -0.4 is 5.32 Å². The van der Waals surface area contributed by atoms with Gasteiger partial charge in [0.15, 0.2) is 0 Å². The molecule has 32 heavy (non-hydrogen) atoms. The Labute approximate surface area is 197 Å². The molecule has 1 fully saturated rings. The fraction of sp³-hybridized carbons (Fsp3) is 0.923. The predicted octanol–water partition coefficient (Wildman–Crippen LogP) is 6.22. The van der Waals surface area contributed by atoms with Crippen molar-refractivity contribution in [2.75, 3.05) is 20.1 Å². The first-order valence-electron chi connectivity index (χ1n) is 13.3. The van der Waals surface area contributed by atoms with Crippen LogP contribution in [0.5, 0.6) is 0 Å². The normalized spacial score (nSPS) is 17.5. The van der Waals surface area contributed by atoms with Crippen LogP contribution in [-0.4, -0.2) is 55.3 Å². The highest BCUT2D eigenvalue weighted by atomic mass is 16.6. The van der Waals surface area contributed by atoms with Crippen molar-refractivity contribution in [3.8, 4) is 0 Å². The van der Waals surface area contributed by atoms with E-state index in [9.17, 15) is 9.59 Å². The van der Waals surface area contributed by atoms with Crippen molar-refractivity contribution in [1.82, 2.24) is 10.2 Å². The van der Waals surface area contributed by atoms with E-state index in [0.29, 0.717) is 25.4 Å². The smallest absolute Gasteiger partial charge is 0.407 e. The molecule has 1 heterocycles. The number of amides is 1. The lowest BCUT2D eigenvalue weighted by molar-refractivity contribution is -0.148. The maximum Gasteiger partial charge on any atom is 0.407 e. The van der Waals surface area contributed by atoms with Crippen LogP contribution in [0.1, 0.15) is 117 Å². The molecule has 0 aromatic rings. The maximum atomic E-state index is 12.4. The Hall–Kier alpha value is -1.30. The SMILES string of the molecule is CCCCCCCCCCCCC(CCC(=O)OC(C)C)OC(=O)NCC1CCCN1C. The minimum Gasteiger partial charge on any atom is -0.463 e. The number of unbranched alkanes of at least 4 members (excludes halogenated alkanes) is 9. The number of nitrogens with zero attached hydrogens (tertiary/aromatic N) is 1. The molecule has 0 spiro atoms. The summed E-state index contributed by atoms with van der Waals surface area (Å²) in [6, 6.07) is 0.393. The van der Waals surface area contributed by atoms with E-state index >= 15 is 0 Å². The molecule has 1 amide bonds. The van der Waals surface area contributed by atoms with Crippen LogP contribution in [-0.2, 0) is 14.3 Å². The van der Waals surface area contributed by atoms with Crippen LogP contribution in [0, 0.1) is 0 Å². The van der Waals surface area contributed by atoms with Gasteiger partial charge in [0.25, 0.3) is 0 Å². The van der Waals surface area contributed by atoms with E-state index in [4.69, 9.17) is 9.47 Å². The molecule has 2 unspecified atom stereocenters. The quantitative estimate of drug-likeness (QED) is 0.197. The molecule has 1 aliphatic rings. The summed E-state index contributed by atoms with van der Waals surface area (Å²) in [7, 11) is 2.10. The van der Waals surface area contributed by atoms with Crippen molar-refractivity contribution in [2.45, 2.75) is 135 Å². The molecule has 1 rings (SSSR count). The van der Waals surface area contributed by atoms with Crippen molar-refractivity contribution in [2.24, 2.45) is 0 Å². The molecule has 188 valence electrons. The first-order valence-corrected chi connectivity index (χ1v) is 13.3. The van der Waals surface area contributed by atoms with Crippen molar-refractivity contribution < 1.29 is 19.1 Å². The van der Waals surface area contributed by atoms with Gasteiger partial charge in [-0.15, -0.1) is 0 Å². The molecular weight excluding hydrogens is 404 g/mol. The van der Waals surface area contributed by atoms with Crippen LogP contribution in [0.4, 0.5) is 4.79 Å². The van der Waals surface area contributed by atoms with E-state index in [1.54, 1.807) is 0 Å². The van der Waals surface area contributed by atoms with E-state index in [1.807, 2.05) is 13.8 Å². The minimum absolute atomic E-state index is 0.115. The van der Waals surface area contributed by atoms with Gasteiger partial charge in [-0.3, -0.25) is 4.79 Å². The molecule has 0 aromatic carbocycles. The number of esters is 1. The second kappa shape index (κ2) is 18.2. The van der Waals surface area contributed by atoms with Gasteiger partial charge in [-0.05, 0) is 59.5 Å². The van der Waals surface area contributed by atoms with E-state index in [2.05, 4.69) is 24.2 Å². The zero-order valence-electron chi connectivity index (χ0n) is 21.3. The van der Waals surface area contributed by atoms with Gasteiger partial charge in [0, 0.05) is 19.0 Å². The number of likely N-dealkylation sites (tertiary alicyclic amines) is 1. The van der Waals surface area contributed by atoms with Crippen molar-refractivity contribution in [1.29, 1.82) is 0 Å². The number of hydrogen-bond acceptors (Lipinski definition) is 5. The van der Waals surface area contributed by atoms with Crippen molar-refractivity contribution >= 4 is 12.1 Å². The monoisotopic (exact) mass is 454 g/mol. The Kier molecular flexibility index (Phi) is 16.3. The third-order valence-electron chi connectivity index (χ3n) is 6.34. The van der Waals surface area contributed by atoms with Crippen LogP contribution in [0.3, 0.4) is 0 Å². The predicted molar refractivity (Wildman–Crippen MR) is 131 cm³/mol. The topological polar surface area (TPSA) is 67.9 Å². The first-order chi connectivity index (χ1) is 15.4. The van der Waals surface area contributed by atoms with Crippen LogP contribution in [0.15, 0.2) is 0 Å². The number of alkyl carbamates (subject to hydrolysis) is 1. The Bertz CT molecular complexity index is 498. The summed E-state index contributed by atoms with van der Waals surface area (Å²) in [6.07, 6.45) is 16.0. The zero-order valence-corrected chi connectivity index (χ0v) is 21.3. The number of rotatable bonds is 18. The Morgan fingerprint density at radius 1 is 0.938 bits per heavy atom. The van der Waals surface area contributed by atoms with Crippen LogP contribution in [0.25, 0.3) is 0 Å². The van der Waals surface area contributed by atoms with E-state index in [1.165, 1.54) is 57.8 Å². The van der Waals surface area contributed by atoms with Crippen LogP contribution >= 0.6 is 0 Å². The Morgan fingerprint density at radius 3 is 2.12 bits per heavy atom. The third kappa shape index (κ3) is 14.7. The molecule has 1 aliphatic heterocycles. The molecule has 6 heteroatoms. The average Bonchev–Trinajstić information content (AvgIpc) is 3.15. The van der Waals surface area contributed by atoms with Gasteiger partial charge in [-0.25, -0.2) is 4.79 Å². The summed E-state index contributed by atoms with van der Waals surface area (Å²) in [5.41, 5.74) is 0. The third-order valence-corrected chi connectivity index (χ3v) is 6.34. The van der Waals surface area contributed by atoms with E-state index in [0.717, 1.165) is 32.2 Å². The maximum absolute atomic E-state index is 12.4. The summed E-state index contributed by atoms with van der Waals surface area (Å²) in [5.74, 6) is -0.218. The van der Waals surface area contributed by atoms with E-state index < -0.39 is 0 Å². The molecule has 1 saturated heterocycles. The highest BCUT2D eigenvalue weighted by molar-refractivity contribution is 5.70. The van der Waals surface area contributed by atoms with Gasteiger partial charge >= 0.3 is 12.1 Å². The number of carbonyl (C=O) groups is 2. The molecule has 2 atom stereocenters. The Balaban J connectivity index is 2.28. The standard InChI is InChI=1S/C26H50N2O4/c1-5-6-7-8-9-10-11-12-13-14-17-24(18-19-25(29)31-22(2)3)32-26(30)27-21-23-16-15-20-28(23)4/h22-24H,5-21H2,1-4H3,(H,27,30). The summed E-state index contributed by atoms with van der Waals surface area (Å²) < 4.78 is 10.9. The lowest BCUT2D eigenvalue weighted by atomic mass is 10.0. The van der Waals surface area contributed by atoms with Crippen LogP contribution in [0.2, 0.25) is 0 Å². The van der Waals surface area contributed by atoms with Crippen molar-refractivity contribution in [3.05, 3.63) is 0 Å². The molecule has 1 N–H and O–H groups in total. The van der Waals surface area contributed by atoms with Gasteiger partial charge in [0.2, 0.25) is 0 Å². The number of ether oxygens (including phenoxy) is 2. The average molecular weight is 455 g/mol. The molecule has 0 radical (unpaired) electrons. The highest BCUT2D eigenvalue weighted by Gasteiger charge is 2.22. The Morgan fingerprint density at radius 2 is 1.56 bits per heavy atom. The molecule has 6 nitrogen and oxygen atoms in total. The van der Waals surface area contributed by atoms with Gasteiger partial charge < -0.3 is 19.7 Å². The van der Waals surface area contributed by atoms with E-state index in [-0.39, 0.29) is 24.3 Å². The highest BCUT2D eigenvalue weighted by Crippen LogP contribution is 2.17. The van der Waals surface area contributed by atoms with Gasteiger partial charge in [0.05, 0.1) is 6.10 Å². The summed E-state index contributed by atoms with van der Waals surface area (Å²) in [5, 5.41) is 2.93. The largest absolute Gasteiger partial charge is 0.463 e. The first kappa shape index (κ1) is 28.7. The summed E-state index contributed by atoms with van der Waals surface area (Å²) in [6.45, 7) is 7.66. The second-order valence-electron chi connectivity index (χ2n) is 9.73. The fourth-order valence-electron chi connectivity index (χ4n) is 4.35. The lowest BCUT2D eigenvalue weighted by Gasteiger charge is -2.22. The summed E-state index contributed by atoms with van der Waals surface area (Å²) >= 11 is 0. The summed E-state index contributed by atoms with van der Waals surface area (Å²) in [4.78, 5) is 26.6. The molecule has 0 aromatic heterocycles. The number of likely N-dealkylation sites (N-methyl/N-ethyl adjacent to an activating group) is 1.